The summed E-state index contributed by atoms with van der Waals surface area (Å²) in [5.41, 5.74) is 0.544. The lowest BCUT2D eigenvalue weighted by molar-refractivity contribution is 0.0631. The Hall–Kier alpha value is -3.43. The first kappa shape index (κ1) is 17.4. The Morgan fingerprint density at radius 1 is 1.23 bits per heavy atom. The number of aromatic nitrogens is 5. The van der Waals surface area contributed by atoms with Gasteiger partial charge >= 0.3 is 12.1 Å². The maximum Gasteiger partial charge on any atom is 0.413 e. The quantitative estimate of drug-likeness (QED) is 0.735. The van der Waals surface area contributed by atoms with E-state index < -0.39 is 17.7 Å². The third-order valence-electron chi connectivity index (χ3n) is 3.43. The van der Waals surface area contributed by atoms with Gasteiger partial charge < -0.3 is 14.4 Å². The highest BCUT2D eigenvalue weighted by Gasteiger charge is 2.26. The van der Waals surface area contributed by atoms with Gasteiger partial charge in [-0.15, -0.1) is 5.10 Å². The van der Waals surface area contributed by atoms with Gasteiger partial charge in [0.1, 0.15) is 11.1 Å². The third-order valence-corrected chi connectivity index (χ3v) is 3.43. The van der Waals surface area contributed by atoms with Gasteiger partial charge in [-0.05, 0) is 32.9 Å². The molecule has 136 valence electrons. The second-order valence-corrected chi connectivity index (χ2v) is 6.59. The maximum absolute atomic E-state index is 12.1. The van der Waals surface area contributed by atoms with Crippen LogP contribution in [0.4, 0.5) is 10.6 Å². The van der Waals surface area contributed by atoms with E-state index in [1.807, 2.05) is 6.07 Å². The minimum absolute atomic E-state index is 0.00908. The standard InChI is InChI=1S/C16H18N6O4/c1-16(2,3)26-15(25)18-11-13(21(4)12(17-11)14(23)24)22-10-8-6-5-7-9(10)19-20-22/h5-8H,1-4H3,(H,18,25)(H,23,24). The number of aromatic carboxylic acids is 1. The van der Waals surface area contributed by atoms with E-state index >= 15 is 0 Å². The van der Waals surface area contributed by atoms with E-state index in [-0.39, 0.29) is 17.5 Å². The molecule has 0 atom stereocenters. The Morgan fingerprint density at radius 3 is 2.58 bits per heavy atom. The fourth-order valence-electron chi connectivity index (χ4n) is 2.43. The first-order valence-electron chi connectivity index (χ1n) is 7.78. The molecule has 10 nitrogen and oxygen atoms in total. The zero-order valence-corrected chi connectivity index (χ0v) is 14.7. The molecule has 2 aromatic heterocycles. The monoisotopic (exact) mass is 358 g/mol. The summed E-state index contributed by atoms with van der Waals surface area (Å²) in [6.45, 7) is 5.17. The summed E-state index contributed by atoms with van der Waals surface area (Å²) in [5.74, 6) is -1.24. The van der Waals surface area contributed by atoms with Gasteiger partial charge in [0.2, 0.25) is 5.82 Å². The maximum atomic E-state index is 12.1. The first-order chi connectivity index (χ1) is 12.2. The normalized spacial score (nSPS) is 11.5. The van der Waals surface area contributed by atoms with Crippen molar-refractivity contribution in [2.24, 2.45) is 7.05 Å². The van der Waals surface area contributed by atoms with Crippen molar-refractivity contribution in [3.05, 3.63) is 30.1 Å². The number of imidazole rings is 1. The van der Waals surface area contributed by atoms with E-state index in [1.54, 1.807) is 39.0 Å². The van der Waals surface area contributed by atoms with E-state index in [2.05, 4.69) is 20.6 Å². The number of hydrogen-bond donors (Lipinski definition) is 2. The Labute approximate surface area is 148 Å². The molecule has 10 heteroatoms. The summed E-state index contributed by atoms with van der Waals surface area (Å²) >= 11 is 0. The Balaban J connectivity index is 2.11. The van der Waals surface area contributed by atoms with E-state index in [1.165, 1.54) is 16.3 Å². The topological polar surface area (TPSA) is 124 Å². The van der Waals surface area contributed by atoms with Crippen LogP contribution in [0.3, 0.4) is 0 Å². The number of para-hydroxylation sites is 1. The van der Waals surface area contributed by atoms with Crippen LogP contribution in [0.2, 0.25) is 0 Å². The second kappa shape index (κ2) is 6.14. The molecule has 0 saturated carbocycles. The molecule has 3 rings (SSSR count). The molecule has 0 aliphatic heterocycles. The van der Waals surface area contributed by atoms with Crippen LogP contribution in [0, 0.1) is 0 Å². The zero-order valence-electron chi connectivity index (χ0n) is 14.7. The molecule has 0 aliphatic rings. The number of nitrogens with one attached hydrogen (secondary N) is 1. The van der Waals surface area contributed by atoms with Crippen LogP contribution in [0.1, 0.15) is 31.4 Å². The lowest BCUT2D eigenvalue weighted by atomic mass is 10.2. The number of carboxylic acids is 1. The highest BCUT2D eigenvalue weighted by Crippen LogP contribution is 2.24. The van der Waals surface area contributed by atoms with Crippen molar-refractivity contribution < 1.29 is 19.4 Å². The number of carbonyl (C=O) groups excluding carboxylic acids is 1. The number of anilines is 1. The lowest BCUT2D eigenvalue weighted by Crippen LogP contribution is -2.27. The van der Waals surface area contributed by atoms with Crippen LogP contribution < -0.4 is 5.32 Å². The van der Waals surface area contributed by atoms with Crippen molar-refractivity contribution in [3.8, 4) is 5.82 Å². The van der Waals surface area contributed by atoms with Crippen molar-refractivity contribution in [2.45, 2.75) is 26.4 Å². The molecular weight excluding hydrogens is 340 g/mol. The van der Waals surface area contributed by atoms with Crippen LogP contribution in [0.25, 0.3) is 16.9 Å². The zero-order chi connectivity index (χ0) is 19.1. The molecule has 0 fully saturated rings. The summed E-state index contributed by atoms with van der Waals surface area (Å²) < 4.78 is 7.95. The molecular formula is C16H18N6O4. The molecule has 0 radical (unpaired) electrons. The minimum atomic E-state index is -1.24. The number of benzene rings is 1. The number of amides is 1. The number of carbonyl (C=O) groups is 2. The number of ether oxygens (including phenoxy) is 1. The number of rotatable bonds is 3. The largest absolute Gasteiger partial charge is 0.475 e. The van der Waals surface area contributed by atoms with Gasteiger partial charge in [-0.3, -0.25) is 5.32 Å². The van der Waals surface area contributed by atoms with Crippen molar-refractivity contribution >= 4 is 28.9 Å². The van der Waals surface area contributed by atoms with Gasteiger partial charge in [0.15, 0.2) is 11.6 Å². The summed E-state index contributed by atoms with van der Waals surface area (Å²) in [4.78, 5) is 27.6. The van der Waals surface area contributed by atoms with Crippen LogP contribution in [-0.4, -0.2) is 47.3 Å². The van der Waals surface area contributed by atoms with Crippen LogP contribution >= 0.6 is 0 Å². The summed E-state index contributed by atoms with van der Waals surface area (Å²) in [5, 5.41) is 20.0. The number of nitrogens with zero attached hydrogens (tertiary/aromatic N) is 5. The van der Waals surface area contributed by atoms with Gasteiger partial charge in [-0.25, -0.2) is 14.6 Å². The average molecular weight is 358 g/mol. The van der Waals surface area contributed by atoms with E-state index in [0.717, 1.165) is 0 Å². The molecule has 1 aromatic carbocycles. The summed E-state index contributed by atoms with van der Waals surface area (Å²) in [6.07, 6.45) is -0.752. The SMILES string of the molecule is Cn1c(C(=O)O)nc(NC(=O)OC(C)(C)C)c1-n1nnc2ccccc21. The first-order valence-corrected chi connectivity index (χ1v) is 7.78. The summed E-state index contributed by atoms with van der Waals surface area (Å²) in [7, 11) is 1.52. The second-order valence-electron chi connectivity index (χ2n) is 6.59. The smallest absolute Gasteiger partial charge is 0.413 e. The van der Waals surface area contributed by atoms with Gasteiger partial charge in [0.05, 0.1) is 5.52 Å². The molecule has 0 unspecified atom stereocenters. The Bertz CT molecular complexity index is 998. The van der Waals surface area contributed by atoms with Gasteiger partial charge in [0.25, 0.3) is 0 Å². The van der Waals surface area contributed by atoms with Crippen molar-refractivity contribution in [1.29, 1.82) is 0 Å². The number of fused-ring (bicyclic) bond motifs is 1. The van der Waals surface area contributed by atoms with E-state index in [4.69, 9.17) is 4.74 Å². The fraction of sp³-hybridized carbons (Fsp3) is 0.312. The molecule has 0 bridgehead atoms. The molecule has 0 aliphatic carbocycles. The molecule has 3 aromatic rings. The molecule has 2 heterocycles. The minimum Gasteiger partial charge on any atom is -0.475 e. The Morgan fingerprint density at radius 2 is 1.92 bits per heavy atom. The molecule has 26 heavy (non-hydrogen) atoms. The van der Waals surface area contributed by atoms with Crippen LogP contribution in [0.15, 0.2) is 24.3 Å². The molecule has 1 amide bonds. The van der Waals surface area contributed by atoms with Crippen LogP contribution in [-0.2, 0) is 11.8 Å². The van der Waals surface area contributed by atoms with Gasteiger partial charge in [-0.1, -0.05) is 17.3 Å². The molecule has 0 spiro atoms. The van der Waals surface area contributed by atoms with E-state index in [0.29, 0.717) is 11.0 Å². The lowest BCUT2D eigenvalue weighted by Gasteiger charge is -2.19. The molecule has 0 saturated heterocycles. The summed E-state index contributed by atoms with van der Waals surface area (Å²) in [6, 6.07) is 7.17. The average Bonchev–Trinajstić information content (AvgIpc) is 3.06. The highest BCUT2D eigenvalue weighted by atomic mass is 16.6. The van der Waals surface area contributed by atoms with Crippen molar-refractivity contribution in [2.75, 3.05) is 5.32 Å². The van der Waals surface area contributed by atoms with Gasteiger partial charge in [0, 0.05) is 7.05 Å². The predicted octanol–water partition coefficient (Wildman–Crippen LogP) is 2.20. The fourth-order valence-corrected chi connectivity index (χ4v) is 2.43. The third kappa shape index (κ3) is 3.21. The van der Waals surface area contributed by atoms with Crippen molar-refractivity contribution in [1.82, 2.24) is 24.5 Å². The van der Waals surface area contributed by atoms with Crippen LogP contribution in [0.5, 0.6) is 0 Å². The van der Waals surface area contributed by atoms with Gasteiger partial charge in [-0.2, -0.15) is 4.68 Å². The molecule has 2 N–H and O–H groups in total. The number of carboxylic acid groups (broad SMARTS) is 1. The highest BCUT2D eigenvalue weighted by molar-refractivity contribution is 5.90. The Kier molecular flexibility index (Phi) is 4.10. The van der Waals surface area contributed by atoms with Crippen molar-refractivity contribution in [3.63, 3.8) is 0 Å². The van der Waals surface area contributed by atoms with E-state index in [9.17, 15) is 14.7 Å². The number of hydrogen-bond acceptors (Lipinski definition) is 6. The predicted molar refractivity (Wildman–Crippen MR) is 92.4 cm³/mol.